The summed E-state index contributed by atoms with van der Waals surface area (Å²) in [6, 6.07) is 13.8. The van der Waals surface area contributed by atoms with Crippen LogP contribution in [0.1, 0.15) is 24.1 Å². The van der Waals surface area contributed by atoms with Gasteiger partial charge in [-0.2, -0.15) is 0 Å². The molecule has 6 nitrogen and oxygen atoms in total. The largest absolute Gasteiger partial charge is 0.454 e. The molecule has 154 valence electrons. The topological polar surface area (TPSA) is 56.4 Å². The van der Waals surface area contributed by atoms with E-state index in [1.54, 1.807) is 4.90 Å². The van der Waals surface area contributed by atoms with Crippen LogP contribution < -0.4 is 24.6 Å². The summed E-state index contributed by atoms with van der Waals surface area (Å²) in [7, 11) is 0. The molecule has 0 radical (unpaired) electrons. The Morgan fingerprint density at radius 1 is 1.03 bits per heavy atom. The second-order valence-electron chi connectivity index (χ2n) is 7.88. The number of ether oxygens (including phenoxy) is 2. The summed E-state index contributed by atoms with van der Waals surface area (Å²) in [6.45, 7) is 7.94. The van der Waals surface area contributed by atoms with Gasteiger partial charge in [-0.15, -0.1) is 0 Å². The van der Waals surface area contributed by atoms with Gasteiger partial charge in [-0.1, -0.05) is 23.7 Å². The van der Waals surface area contributed by atoms with Crippen molar-refractivity contribution in [2.75, 3.05) is 39.5 Å². The zero-order valence-corrected chi connectivity index (χ0v) is 17.4. The molecule has 29 heavy (non-hydrogen) atoms. The zero-order chi connectivity index (χ0) is 20.2. The third-order valence-corrected chi connectivity index (χ3v) is 5.97. The number of nitrogens with one attached hydrogen (secondary N) is 3. The fourth-order valence-electron chi connectivity index (χ4n) is 4.00. The van der Waals surface area contributed by atoms with Crippen molar-refractivity contribution in [3.8, 4) is 11.5 Å². The minimum absolute atomic E-state index is 0.0166. The van der Waals surface area contributed by atoms with Gasteiger partial charge in [-0.05, 0) is 42.8 Å². The normalized spacial score (nSPS) is 21.6. The first-order valence-electron chi connectivity index (χ1n) is 10.2. The average molecular weight is 418 g/mol. The Balaban J connectivity index is 1.21. The zero-order valence-electron chi connectivity index (χ0n) is 16.7. The SMILES string of the molecule is C[C@H](NC(=O)C[NH+]1CC[NH+](Cc2ccc3c(c2)OCO3)CC1)c1ccc(Cl)cc1. The highest BCUT2D eigenvalue weighted by atomic mass is 35.5. The lowest BCUT2D eigenvalue weighted by Crippen LogP contribution is -3.28. The minimum atomic E-state index is -0.0166. The van der Waals surface area contributed by atoms with Crippen LogP contribution in [0.2, 0.25) is 5.02 Å². The van der Waals surface area contributed by atoms with Crippen LogP contribution in [-0.4, -0.2) is 45.4 Å². The van der Waals surface area contributed by atoms with E-state index in [2.05, 4.69) is 17.4 Å². The molecule has 3 N–H and O–H groups in total. The smallest absolute Gasteiger partial charge is 0.275 e. The number of benzene rings is 2. The van der Waals surface area contributed by atoms with Crippen LogP contribution in [0, 0.1) is 0 Å². The van der Waals surface area contributed by atoms with Crippen molar-refractivity contribution < 1.29 is 24.1 Å². The molecule has 7 heteroatoms. The van der Waals surface area contributed by atoms with E-state index in [0.717, 1.165) is 49.8 Å². The number of hydrogen-bond acceptors (Lipinski definition) is 3. The molecule has 0 bridgehead atoms. The second-order valence-corrected chi connectivity index (χ2v) is 8.32. The molecule has 0 saturated carbocycles. The Kier molecular flexibility index (Phi) is 6.23. The van der Waals surface area contributed by atoms with Crippen molar-refractivity contribution in [1.29, 1.82) is 0 Å². The lowest BCUT2D eigenvalue weighted by Gasteiger charge is -2.29. The number of halogens is 1. The summed E-state index contributed by atoms with van der Waals surface area (Å²) in [6.07, 6.45) is 0. The number of amides is 1. The maximum Gasteiger partial charge on any atom is 0.275 e. The maximum atomic E-state index is 12.5. The molecule has 2 aromatic rings. The predicted octanol–water partition coefficient (Wildman–Crippen LogP) is 0.230. The Morgan fingerprint density at radius 2 is 1.72 bits per heavy atom. The Labute approximate surface area is 176 Å². The standard InChI is InChI=1S/C22H26ClN3O3/c1-16(18-3-5-19(23)6-4-18)24-22(27)14-26-10-8-25(9-11-26)13-17-2-7-20-21(12-17)29-15-28-20/h2-7,12,16H,8-11,13-15H2,1H3,(H,24,27)/p+2/t16-/m0/s1. The fraction of sp³-hybridized carbons (Fsp3) is 0.409. The third-order valence-electron chi connectivity index (χ3n) is 5.71. The highest BCUT2D eigenvalue weighted by molar-refractivity contribution is 6.30. The Morgan fingerprint density at radius 3 is 2.48 bits per heavy atom. The van der Waals surface area contributed by atoms with Crippen molar-refractivity contribution in [1.82, 2.24) is 5.32 Å². The van der Waals surface area contributed by atoms with Gasteiger partial charge in [-0.3, -0.25) is 4.79 Å². The molecule has 2 aliphatic heterocycles. The van der Waals surface area contributed by atoms with Crippen LogP contribution in [0.5, 0.6) is 11.5 Å². The molecule has 0 spiro atoms. The van der Waals surface area contributed by atoms with Gasteiger partial charge >= 0.3 is 0 Å². The molecule has 1 atom stereocenters. The van der Waals surface area contributed by atoms with Crippen LogP contribution in [-0.2, 0) is 11.3 Å². The Bertz CT molecular complexity index is 851. The van der Waals surface area contributed by atoms with E-state index >= 15 is 0 Å². The summed E-state index contributed by atoms with van der Waals surface area (Å²) >= 11 is 5.93. The number of hydrogen-bond donors (Lipinski definition) is 3. The summed E-state index contributed by atoms with van der Waals surface area (Å²) in [4.78, 5) is 15.3. The highest BCUT2D eigenvalue weighted by Gasteiger charge is 2.26. The molecule has 2 aromatic carbocycles. The first kappa shape index (κ1) is 20.0. The number of rotatable bonds is 6. The van der Waals surface area contributed by atoms with E-state index < -0.39 is 0 Å². The van der Waals surface area contributed by atoms with Gasteiger partial charge in [0.25, 0.3) is 5.91 Å². The average Bonchev–Trinajstić information content (AvgIpc) is 3.18. The van der Waals surface area contributed by atoms with Crippen LogP contribution in [0.3, 0.4) is 0 Å². The second kappa shape index (κ2) is 9.03. The van der Waals surface area contributed by atoms with Gasteiger partial charge in [0, 0.05) is 10.6 Å². The maximum absolute atomic E-state index is 12.5. The van der Waals surface area contributed by atoms with Crippen molar-refractivity contribution in [3.63, 3.8) is 0 Å². The van der Waals surface area contributed by atoms with Crippen LogP contribution in [0.4, 0.5) is 0 Å². The predicted molar refractivity (Wildman–Crippen MR) is 111 cm³/mol. The van der Waals surface area contributed by atoms with Gasteiger partial charge in [0.15, 0.2) is 18.0 Å². The number of piperazine rings is 1. The molecule has 2 aliphatic rings. The van der Waals surface area contributed by atoms with Gasteiger partial charge < -0.3 is 24.6 Å². The van der Waals surface area contributed by atoms with E-state index in [1.165, 1.54) is 10.5 Å². The van der Waals surface area contributed by atoms with Crippen LogP contribution in [0.25, 0.3) is 0 Å². The van der Waals surface area contributed by atoms with Crippen LogP contribution >= 0.6 is 11.6 Å². The molecule has 1 fully saturated rings. The molecule has 0 unspecified atom stereocenters. The highest BCUT2D eigenvalue weighted by Crippen LogP contribution is 2.32. The minimum Gasteiger partial charge on any atom is -0.454 e. The molecule has 0 aromatic heterocycles. The summed E-state index contributed by atoms with van der Waals surface area (Å²) < 4.78 is 10.9. The van der Waals surface area contributed by atoms with Crippen LogP contribution in [0.15, 0.2) is 42.5 Å². The number of fused-ring (bicyclic) bond motifs is 1. The summed E-state index contributed by atoms with van der Waals surface area (Å²) in [5, 5.41) is 3.81. The number of carbonyl (C=O) groups is 1. The first-order valence-corrected chi connectivity index (χ1v) is 10.5. The summed E-state index contributed by atoms with van der Waals surface area (Å²) in [5.41, 5.74) is 2.33. The molecule has 1 amide bonds. The van der Waals surface area contributed by atoms with Crippen molar-refractivity contribution in [2.24, 2.45) is 0 Å². The van der Waals surface area contributed by atoms with Gasteiger partial charge in [-0.25, -0.2) is 0 Å². The number of quaternary nitrogens is 2. The summed E-state index contributed by atoms with van der Waals surface area (Å²) in [5.74, 6) is 1.77. The monoisotopic (exact) mass is 417 g/mol. The van der Waals surface area contributed by atoms with Crippen molar-refractivity contribution >= 4 is 17.5 Å². The molecular formula is C22H28ClN3O3+2. The lowest BCUT2D eigenvalue weighted by atomic mass is 10.1. The lowest BCUT2D eigenvalue weighted by molar-refractivity contribution is -1.02. The third kappa shape index (κ3) is 5.21. The molecule has 0 aliphatic carbocycles. The molecule has 4 rings (SSSR count). The van der Waals surface area contributed by atoms with Gasteiger partial charge in [0.05, 0.1) is 6.04 Å². The Hall–Kier alpha value is -2.28. The molecular weight excluding hydrogens is 390 g/mol. The van der Waals surface area contributed by atoms with E-state index in [9.17, 15) is 4.79 Å². The van der Waals surface area contributed by atoms with Gasteiger partial charge in [0.1, 0.15) is 32.7 Å². The van der Waals surface area contributed by atoms with Crippen molar-refractivity contribution in [3.05, 3.63) is 58.6 Å². The fourth-order valence-corrected chi connectivity index (χ4v) is 4.13. The van der Waals surface area contributed by atoms with E-state index in [4.69, 9.17) is 21.1 Å². The molecule has 2 heterocycles. The van der Waals surface area contributed by atoms with Gasteiger partial charge in [0.2, 0.25) is 6.79 Å². The molecule has 1 saturated heterocycles. The van der Waals surface area contributed by atoms with E-state index in [-0.39, 0.29) is 11.9 Å². The number of carbonyl (C=O) groups excluding carboxylic acids is 1. The van der Waals surface area contributed by atoms with E-state index in [0.29, 0.717) is 18.4 Å². The quantitative estimate of drug-likeness (QED) is 0.630. The van der Waals surface area contributed by atoms with Crippen molar-refractivity contribution in [2.45, 2.75) is 19.5 Å². The first-order chi connectivity index (χ1) is 14.1. The van der Waals surface area contributed by atoms with E-state index in [1.807, 2.05) is 37.3 Å².